The molecule has 0 radical (unpaired) electrons. The monoisotopic (exact) mass is 395 g/mol. The van der Waals surface area contributed by atoms with Crippen molar-refractivity contribution in [2.24, 2.45) is 0 Å². The minimum Gasteiger partial charge on any atom is -0.337 e. The van der Waals surface area contributed by atoms with Gasteiger partial charge in [-0.05, 0) is 50.2 Å². The van der Waals surface area contributed by atoms with Crippen molar-refractivity contribution in [2.75, 3.05) is 5.75 Å². The molecule has 1 unspecified atom stereocenters. The molecule has 1 atom stereocenters. The van der Waals surface area contributed by atoms with Crippen LogP contribution < -0.4 is 0 Å². The van der Waals surface area contributed by atoms with E-state index in [0.29, 0.717) is 0 Å². The van der Waals surface area contributed by atoms with E-state index in [2.05, 4.69) is 12.1 Å². The molecule has 3 aromatic carbocycles. The Labute approximate surface area is 164 Å². The molecule has 0 aliphatic carbocycles. The van der Waals surface area contributed by atoms with Gasteiger partial charge in [0, 0.05) is 21.8 Å². The van der Waals surface area contributed by atoms with Gasteiger partial charge in [-0.3, -0.25) is 0 Å². The molecule has 0 bridgehead atoms. The van der Waals surface area contributed by atoms with E-state index in [-0.39, 0.29) is 11.4 Å². The topological polar surface area (TPSA) is 39.1 Å². The van der Waals surface area contributed by atoms with E-state index in [9.17, 15) is 12.8 Å². The molecule has 0 saturated heterocycles. The van der Waals surface area contributed by atoms with Gasteiger partial charge in [0.05, 0.1) is 17.2 Å². The van der Waals surface area contributed by atoms with Crippen molar-refractivity contribution in [3.63, 3.8) is 0 Å². The molecule has 28 heavy (non-hydrogen) atoms. The van der Waals surface area contributed by atoms with Gasteiger partial charge < -0.3 is 4.57 Å². The predicted octanol–water partition coefficient (Wildman–Crippen LogP) is 5.22. The maximum Gasteiger partial charge on any atom is 0.181 e. The standard InChI is InChI=1S/C23H22FNO2S/c1-16-8-10-22-20(12-16)21-13-17(2)9-11-23(21)25(22)14-18(24)15-28(26,27)19-6-4-3-5-7-19/h3-13,18H,14-15H2,1-2H3. The van der Waals surface area contributed by atoms with E-state index in [4.69, 9.17) is 0 Å². The second kappa shape index (κ2) is 7.06. The molecule has 3 nitrogen and oxygen atoms in total. The molecular formula is C23H22FNO2S. The number of rotatable bonds is 5. The molecular weight excluding hydrogens is 373 g/mol. The maximum atomic E-state index is 15.0. The number of benzene rings is 3. The van der Waals surface area contributed by atoms with Gasteiger partial charge in [0.25, 0.3) is 0 Å². The molecule has 144 valence electrons. The lowest BCUT2D eigenvalue weighted by Gasteiger charge is -2.13. The SMILES string of the molecule is Cc1ccc2c(c1)c1cc(C)ccc1n2CC(F)CS(=O)(=O)c1ccccc1. The Morgan fingerprint density at radius 1 is 0.857 bits per heavy atom. The second-order valence-corrected chi connectivity index (χ2v) is 9.38. The number of hydrogen-bond donors (Lipinski definition) is 0. The van der Waals surface area contributed by atoms with E-state index in [0.717, 1.165) is 32.9 Å². The lowest BCUT2D eigenvalue weighted by Crippen LogP contribution is -2.22. The summed E-state index contributed by atoms with van der Waals surface area (Å²) in [6.45, 7) is 4.06. The summed E-state index contributed by atoms with van der Waals surface area (Å²) in [7, 11) is -3.67. The summed E-state index contributed by atoms with van der Waals surface area (Å²) in [4.78, 5) is 0.158. The molecule has 1 aromatic heterocycles. The van der Waals surface area contributed by atoms with Gasteiger partial charge in [0.1, 0.15) is 6.17 Å². The zero-order valence-electron chi connectivity index (χ0n) is 15.9. The summed E-state index contributed by atoms with van der Waals surface area (Å²) < 4.78 is 41.9. The lowest BCUT2D eigenvalue weighted by atomic mass is 10.1. The van der Waals surface area contributed by atoms with Gasteiger partial charge in [-0.15, -0.1) is 0 Å². The Kier molecular flexibility index (Phi) is 4.71. The minimum atomic E-state index is -3.67. The fourth-order valence-corrected chi connectivity index (χ4v) is 5.09. The number of aryl methyl sites for hydroxylation is 2. The first-order chi connectivity index (χ1) is 13.3. The summed E-state index contributed by atoms with van der Waals surface area (Å²) in [5, 5.41) is 2.13. The summed E-state index contributed by atoms with van der Waals surface area (Å²) in [6, 6.07) is 20.2. The summed E-state index contributed by atoms with van der Waals surface area (Å²) in [6.07, 6.45) is -1.51. The van der Waals surface area contributed by atoms with E-state index >= 15 is 0 Å². The van der Waals surface area contributed by atoms with Gasteiger partial charge in [0.15, 0.2) is 9.84 Å². The summed E-state index contributed by atoms with van der Waals surface area (Å²) in [5.41, 5.74) is 4.12. The molecule has 0 N–H and O–H groups in total. The van der Waals surface area contributed by atoms with Crippen LogP contribution in [0.5, 0.6) is 0 Å². The third kappa shape index (κ3) is 3.42. The van der Waals surface area contributed by atoms with Crippen LogP contribution in [0.1, 0.15) is 11.1 Å². The fraction of sp³-hybridized carbons (Fsp3) is 0.217. The van der Waals surface area contributed by atoms with Crippen LogP contribution in [0.3, 0.4) is 0 Å². The van der Waals surface area contributed by atoms with Gasteiger partial charge in [-0.2, -0.15) is 0 Å². The molecule has 4 rings (SSSR count). The van der Waals surface area contributed by atoms with Crippen LogP contribution in [0.15, 0.2) is 71.6 Å². The normalized spacial score (nSPS) is 13.2. The first-order valence-electron chi connectivity index (χ1n) is 9.26. The Morgan fingerprint density at radius 3 is 1.93 bits per heavy atom. The molecule has 0 amide bonds. The Bertz CT molecular complexity index is 1200. The Hall–Kier alpha value is -2.66. The predicted molar refractivity (Wildman–Crippen MR) is 112 cm³/mol. The molecule has 0 saturated carbocycles. The van der Waals surface area contributed by atoms with Crippen LogP contribution in [-0.4, -0.2) is 24.9 Å². The Morgan fingerprint density at radius 2 is 1.39 bits per heavy atom. The van der Waals surface area contributed by atoms with Crippen LogP contribution in [-0.2, 0) is 16.4 Å². The van der Waals surface area contributed by atoms with Gasteiger partial charge in [0.2, 0.25) is 0 Å². The van der Waals surface area contributed by atoms with Crippen LogP contribution in [0.2, 0.25) is 0 Å². The zero-order valence-corrected chi connectivity index (χ0v) is 16.7. The lowest BCUT2D eigenvalue weighted by molar-refractivity contribution is 0.328. The van der Waals surface area contributed by atoms with E-state index in [1.807, 2.05) is 42.7 Å². The van der Waals surface area contributed by atoms with E-state index in [1.165, 1.54) is 12.1 Å². The fourth-order valence-electron chi connectivity index (χ4n) is 3.74. The molecule has 1 heterocycles. The maximum absolute atomic E-state index is 15.0. The van der Waals surface area contributed by atoms with Crippen molar-refractivity contribution < 1.29 is 12.8 Å². The summed E-state index contributed by atoms with van der Waals surface area (Å²) in [5.74, 6) is -0.532. The highest BCUT2D eigenvalue weighted by molar-refractivity contribution is 7.91. The van der Waals surface area contributed by atoms with Gasteiger partial charge >= 0.3 is 0 Å². The van der Waals surface area contributed by atoms with Crippen LogP contribution in [0.25, 0.3) is 21.8 Å². The van der Waals surface area contributed by atoms with Crippen LogP contribution in [0, 0.1) is 13.8 Å². The van der Waals surface area contributed by atoms with E-state index in [1.54, 1.807) is 18.2 Å². The third-order valence-electron chi connectivity index (χ3n) is 5.06. The first kappa shape index (κ1) is 18.7. The van der Waals surface area contributed by atoms with Crippen LogP contribution in [0.4, 0.5) is 4.39 Å². The van der Waals surface area contributed by atoms with Gasteiger partial charge in [-0.1, -0.05) is 41.5 Å². The quantitative estimate of drug-likeness (QED) is 0.464. The van der Waals surface area contributed by atoms with Crippen molar-refractivity contribution in [1.29, 1.82) is 0 Å². The van der Waals surface area contributed by atoms with Crippen molar-refractivity contribution in [2.45, 2.75) is 31.5 Å². The molecule has 0 fully saturated rings. The number of aromatic nitrogens is 1. The average Bonchev–Trinajstić information content (AvgIpc) is 2.94. The third-order valence-corrected chi connectivity index (χ3v) is 6.85. The largest absolute Gasteiger partial charge is 0.337 e. The highest BCUT2D eigenvalue weighted by Gasteiger charge is 2.23. The number of alkyl halides is 1. The molecule has 0 aliphatic rings. The van der Waals surface area contributed by atoms with E-state index < -0.39 is 21.8 Å². The van der Waals surface area contributed by atoms with Crippen LogP contribution >= 0.6 is 0 Å². The average molecular weight is 395 g/mol. The molecule has 0 spiro atoms. The number of halogens is 1. The van der Waals surface area contributed by atoms with Crippen molar-refractivity contribution in [1.82, 2.24) is 4.57 Å². The second-order valence-electron chi connectivity index (χ2n) is 7.34. The van der Waals surface area contributed by atoms with Gasteiger partial charge in [-0.25, -0.2) is 12.8 Å². The number of hydrogen-bond acceptors (Lipinski definition) is 2. The molecule has 5 heteroatoms. The summed E-state index contributed by atoms with van der Waals surface area (Å²) >= 11 is 0. The highest BCUT2D eigenvalue weighted by Crippen LogP contribution is 2.31. The minimum absolute atomic E-state index is 0.00180. The smallest absolute Gasteiger partial charge is 0.181 e. The number of sulfone groups is 1. The zero-order chi connectivity index (χ0) is 19.9. The molecule has 0 aliphatic heterocycles. The molecule has 4 aromatic rings. The Balaban J connectivity index is 1.73. The van der Waals surface area contributed by atoms with Crippen molar-refractivity contribution in [3.05, 3.63) is 77.9 Å². The number of fused-ring (bicyclic) bond motifs is 3. The first-order valence-corrected chi connectivity index (χ1v) is 10.9. The van der Waals surface area contributed by atoms with Crippen molar-refractivity contribution in [3.8, 4) is 0 Å². The highest BCUT2D eigenvalue weighted by atomic mass is 32.2. The number of nitrogens with zero attached hydrogens (tertiary/aromatic N) is 1. The van der Waals surface area contributed by atoms with Crippen molar-refractivity contribution >= 4 is 31.6 Å².